The third-order valence-corrected chi connectivity index (χ3v) is 1.75. The minimum Gasteiger partial charge on any atom is -0.384 e. The first-order valence-electron chi connectivity index (χ1n) is 4.28. The third-order valence-electron chi connectivity index (χ3n) is 1.75. The molecule has 2 heterocycles. The molecular formula is C8H10N6. The second-order valence-electron chi connectivity index (χ2n) is 2.76. The number of anilines is 1. The van der Waals surface area contributed by atoms with Gasteiger partial charge < -0.3 is 5.73 Å². The standard InChI is InChI=1S/C8H10N6/c1-2-7-12-6(9)3-8(13-7)14-5-10-4-11-14/h3-5H,2H2,1H3,(H2,9,12,13). The van der Waals surface area contributed by atoms with Crippen LogP contribution in [0.3, 0.4) is 0 Å². The van der Waals surface area contributed by atoms with Crippen molar-refractivity contribution < 1.29 is 0 Å². The first-order valence-corrected chi connectivity index (χ1v) is 4.28. The summed E-state index contributed by atoms with van der Waals surface area (Å²) in [7, 11) is 0. The lowest BCUT2D eigenvalue weighted by molar-refractivity contribution is 0.814. The largest absolute Gasteiger partial charge is 0.384 e. The summed E-state index contributed by atoms with van der Waals surface area (Å²) >= 11 is 0. The Kier molecular flexibility index (Phi) is 2.10. The fourth-order valence-corrected chi connectivity index (χ4v) is 1.11. The van der Waals surface area contributed by atoms with Crippen LogP contribution in [0.1, 0.15) is 12.7 Å². The van der Waals surface area contributed by atoms with Crippen molar-refractivity contribution in [3.8, 4) is 5.82 Å². The molecule has 6 heteroatoms. The molecule has 0 unspecified atom stereocenters. The van der Waals surface area contributed by atoms with Crippen LogP contribution < -0.4 is 5.73 Å². The molecule has 2 rings (SSSR count). The number of hydrogen-bond acceptors (Lipinski definition) is 5. The number of rotatable bonds is 2. The Balaban J connectivity index is 2.48. The number of nitrogen functional groups attached to an aromatic ring is 1. The minimum atomic E-state index is 0.447. The Morgan fingerprint density at radius 3 is 2.93 bits per heavy atom. The Hall–Kier alpha value is -1.98. The fraction of sp³-hybridized carbons (Fsp3) is 0.250. The van der Waals surface area contributed by atoms with Gasteiger partial charge in [0.25, 0.3) is 0 Å². The zero-order chi connectivity index (χ0) is 9.97. The van der Waals surface area contributed by atoms with Crippen LogP contribution in [0.4, 0.5) is 5.82 Å². The molecule has 0 bridgehead atoms. The van der Waals surface area contributed by atoms with Crippen LogP contribution in [0.5, 0.6) is 0 Å². The van der Waals surface area contributed by atoms with Crippen molar-refractivity contribution in [3.63, 3.8) is 0 Å². The average molecular weight is 190 g/mol. The van der Waals surface area contributed by atoms with Crippen molar-refractivity contribution in [3.05, 3.63) is 24.5 Å². The van der Waals surface area contributed by atoms with Gasteiger partial charge in [-0.3, -0.25) is 0 Å². The molecule has 2 aromatic heterocycles. The number of nitrogens with two attached hydrogens (primary N) is 1. The van der Waals surface area contributed by atoms with Gasteiger partial charge in [0.15, 0.2) is 5.82 Å². The van der Waals surface area contributed by atoms with E-state index < -0.39 is 0 Å². The molecule has 14 heavy (non-hydrogen) atoms. The monoisotopic (exact) mass is 190 g/mol. The summed E-state index contributed by atoms with van der Waals surface area (Å²) in [6.07, 6.45) is 3.76. The van der Waals surface area contributed by atoms with Crippen molar-refractivity contribution in [2.24, 2.45) is 0 Å². The van der Waals surface area contributed by atoms with Crippen molar-refractivity contribution in [1.29, 1.82) is 0 Å². The molecule has 2 N–H and O–H groups in total. The molecule has 0 radical (unpaired) electrons. The van der Waals surface area contributed by atoms with Crippen LogP contribution in [-0.2, 0) is 6.42 Å². The predicted molar refractivity (Wildman–Crippen MR) is 50.7 cm³/mol. The Morgan fingerprint density at radius 1 is 1.43 bits per heavy atom. The van der Waals surface area contributed by atoms with Crippen LogP contribution >= 0.6 is 0 Å². The van der Waals surface area contributed by atoms with E-state index >= 15 is 0 Å². The summed E-state index contributed by atoms with van der Waals surface area (Å²) in [5.41, 5.74) is 5.63. The van der Waals surface area contributed by atoms with Gasteiger partial charge in [-0.05, 0) is 0 Å². The van der Waals surface area contributed by atoms with Gasteiger partial charge in [0, 0.05) is 12.5 Å². The van der Waals surface area contributed by atoms with Crippen molar-refractivity contribution >= 4 is 5.82 Å². The van der Waals surface area contributed by atoms with Crippen molar-refractivity contribution in [1.82, 2.24) is 24.7 Å². The Bertz CT molecular complexity index is 421. The topological polar surface area (TPSA) is 82.5 Å². The highest BCUT2D eigenvalue weighted by Gasteiger charge is 2.03. The molecule has 0 saturated carbocycles. The molecule has 0 aliphatic heterocycles. The van der Waals surface area contributed by atoms with E-state index in [0.717, 1.165) is 6.42 Å². The zero-order valence-corrected chi connectivity index (χ0v) is 7.75. The highest BCUT2D eigenvalue weighted by atomic mass is 15.3. The predicted octanol–water partition coefficient (Wildman–Crippen LogP) is 0.202. The van der Waals surface area contributed by atoms with Gasteiger partial charge in [-0.25, -0.2) is 19.6 Å². The van der Waals surface area contributed by atoms with E-state index in [9.17, 15) is 0 Å². The number of aryl methyl sites for hydroxylation is 1. The van der Waals surface area contributed by atoms with E-state index in [0.29, 0.717) is 17.5 Å². The first-order chi connectivity index (χ1) is 6.79. The van der Waals surface area contributed by atoms with Gasteiger partial charge in [0.2, 0.25) is 0 Å². The summed E-state index contributed by atoms with van der Waals surface area (Å²) in [5.74, 6) is 1.80. The SMILES string of the molecule is CCc1nc(N)cc(-n2cncn2)n1. The third kappa shape index (κ3) is 1.54. The Morgan fingerprint density at radius 2 is 2.29 bits per heavy atom. The summed E-state index contributed by atoms with van der Waals surface area (Å²) in [5, 5.41) is 3.96. The van der Waals surface area contributed by atoms with E-state index in [2.05, 4.69) is 20.1 Å². The molecule has 72 valence electrons. The quantitative estimate of drug-likeness (QED) is 0.731. The maximum Gasteiger partial charge on any atom is 0.160 e. The molecule has 0 spiro atoms. The van der Waals surface area contributed by atoms with Crippen LogP contribution in [0.15, 0.2) is 18.7 Å². The molecule has 0 aliphatic rings. The zero-order valence-electron chi connectivity index (χ0n) is 7.75. The summed E-state index contributed by atoms with van der Waals surface area (Å²) in [6.45, 7) is 1.97. The van der Waals surface area contributed by atoms with Gasteiger partial charge in [-0.15, -0.1) is 0 Å². The van der Waals surface area contributed by atoms with Gasteiger partial charge in [0.05, 0.1) is 0 Å². The summed E-state index contributed by atoms with van der Waals surface area (Å²) < 4.78 is 1.55. The molecule has 6 nitrogen and oxygen atoms in total. The highest BCUT2D eigenvalue weighted by Crippen LogP contribution is 2.06. The lowest BCUT2D eigenvalue weighted by Crippen LogP contribution is -2.05. The second kappa shape index (κ2) is 3.41. The van der Waals surface area contributed by atoms with E-state index in [1.54, 1.807) is 17.1 Å². The molecule has 0 amide bonds. The highest BCUT2D eigenvalue weighted by molar-refractivity contribution is 5.36. The molecule has 0 saturated heterocycles. The average Bonchev–Trinajstić information content (AvgIpc) is 2.69. The van der Waals surface area contributed by atoms with E-state index in [1.807, 2.05) is 6.92 Å². The fourth-order valence-electron chi connectivity index (χ4n) is 1.11. The van der Waals surface area contributed by atoms with Gasteiger partial charge in [-0.2, -0.15) is 5.10 Å². The number of nitrogens with zero attached hydrogens (tertiary/aromatic N) is 5. The maximum absolute atomic E-state index is 5.63. The van der Waals surface area contributed by atoms with Crippen LogP contribution in [-0.4, -0.2) is 24.7 Å². The van der Waals surface area contributed by atoms with E-state index in [1.165, 1.54) is 6.33 Å². The smallest absolute Gasteiger partial charge is 0.160 e. The lowest BCUT2D eigenvalue weighted by Gasteiger charge is -2.02. The number of hydrogen-bond donors (Lipinski definition) is 1. The molecular weight excluding hydrogens is 180 g/mol. The Labute approximate surface area is 80.8 Å². The molecule has 0 aliphatic carbocycles. The van der Waals surface area contributed by atoms with Gasteiger partial charge in [-0.1, -0.05) is 6.92 Å². The molecule has 0 fully saturated rings. The first kappa shape index (κ1) is 8.61. The number of aromatic nitrogens is 5. The summed E-state index contributed by atoms with van der Waals surface area (Å²) in [6, 6.07) is 1.66. The van der Waals surface area contributed by atoms with Crippen molar-refractivity contribution in [2.75, 3.05) is 5.73 Å². The molecule has 0 atom stereocenters. The van der Waals surface area contributed by atoms with E-state index in [-0.39, 0.29) is 0 Å². The lowest BCUT2D eigenvalue weighted by atomic mass is 10.4. The molecule has 0 aromatic carbocycles. The molecule has 2 aromatic rings. The second-order valence-corrected chi connectivity index (χ2v) is 2.76. The normalized spacial score (nSPS) is 10.4. The van der Waals surface area contributed by atoms with Gasteiger partial charge in [0.1, 0.15) is 24.3 Å². The summed E-state index contributed by atoms with van der Waals surface area (Å²) in [4.78, 5) is 12.2. The van der Waals surface area contributed by atoms with Crippen LogP contribution in [0, 0.1) is 0 Å². The van der Waals surface area contributed by atoms with Crippen molar-refractivity contribution in [2.45, 2.75) is 13.3 Å². The van der Waals surface area contributed by atoms with Crippen LogP contribution in [0.2, 0.25) is 0 Å². The minimum absolute atomic E-state index is 0.447. The van der Waals surface area contributed by atoms with Crippen LogP contribution in [0.25, 0.3) is 5.82 Å². The van der Waals surface area contributed by atoms with Gasteiger partial charge >= 0.3 is 0 Å². The maximum atomic E-state index is 5.63. The van der Waals surface area contributed by atoms with E-state index in [4.69, 9.17) is 5.73 Å².